The predicted octanol–water partition coefficient (Wildman–Crippen LogP) is 2.05. The van der Waals surface area contributed by atoms with Gasteiger partial charge in [0, 0.05) is 7.11 Å². The highest BCUT2D eigenvalue weighted by Gasteiger charge is 2.04. The quantitative estimate of drug-likeness (QED) is 0.572. The molecule has 1 aliphatic rings. The molecule has 0 fully saturated rings. The summed E-state index contributed by atoms with van der Waals surface area (Å²) in [6.07, 6.45) is 8.85. The van der Waals surface area contributed by atoms with E-state index in [4.69, 9.17) is 4.74 Å². The lowest BCUT2D eigenvalue weighted by Crippen LogP contribution is -1.99. The zero-order chi connectivity index (χ0) is 6.69. The third kappa shape index (κ3) is 1.95. The fourth-order valence-corrected chi connectivity index (χ4v) is 0.935. The smallest absolute Gasteiger partial charge is 0.140 e. The SMILES string of the molecule is CO[C]1C=CC(Br)C=C1. The van der Waals surface area contributed by atoms with Crippen LogP contribution >= 0.6 is 15.9 Å². The molecule has 0 amide bonds. The first kappa shape index (κ1) is 7.03. The lowest BCUT2D eigenvalue weighted by Gasteiger charge is -2.08. The van der Waals surface area contributed by atoms with Gasteiger partial charge in [0.2, 0.25) is 0 Å². The third-order valence-corrected chi connectivity index (χ3v) is 1.73. The van der Waals surface area contributed by atoms with Crippen LogP contribution in [0.4, 0.5) is 0 Å². The number of hydrogen-bond acceptors (Lipinski definition) is 1. The van der Waals surface area contributed by atoms with Gasteiger partial charge in [-0.25, -0.2) is 0 Å². The summed E-state index contributed by atoms with van der Waals surface area (Å²) in [5.41, 5.74) is 0. The molecular weight excluding hydrogens is 180 g/mol. The van der Waals surface area contributed by atoms with Gasteiger partial charge in [-0.05, 0) is 12.2 Å². The van der Waals surface area contributed by atoms with E-state index in [9.17, 15) is 0 Å². The molecule has 9 heavy (non-hydrogen) atoms. The van der Waals surface area contributed by atoms with E-state index in [0.29, 0.717) is 4.83 Å². The van der Waals surface area contributed by atoms with Crippen LogP contribution in [0.5, 0.6) is 0 Å². The van der Waals surface area contributed by atoms with Gasteiger partial charge >= 0.3 is 0 Å². The van der Waals surface area contributed by atoms with E-state index in [2.05, 4.69) is 15.9 Å². The van der Waals surface area contributed by atoms with E-state index in [1.54, 1.807) is 7.11 Å². The highest BCUT2D eigenvalue weighted by molar-refractivity contribution is 9.09. The van der Waals surface area contributed by atoms with E-state index in [1.807, 2.05) is 24.3 Å². The summed E-state index contributed by atoms with van der Waals surface area (Å²) < 4.78 is 4.96. The number of methoxy groups -OCH3 is 1. The van der Waals surface area contributed by atoms with Crippen LogP contribution in [0.25, 0.3) is 0 Å². The van der Waals surface area contributed by atoms with E-state index < -0.39 is 0 Å². The Morgan fingerprint density at radius 2 is 2.00 bits per heavy atom. The molecule has 0 bridgehead atoms. The normalized spacial score (nSPS) is 21.1. The fourth-order valence-electron chi connectivity index (χ4n) is 0.629. The number of halogens is 1. The Labute approximate surface area is 63.5 Å². The van der Waals surface area contributed by atoms with Crippen molar-refractivity contribution in [2.24, 2.45) is 0 Å². The van der Waals surface area contributed by atoms with Gasteiger partial charge in [-0.15, -0.1) is 0 Å². The molecule has 0 aromatic heterocycles. The van der Waals surface area contributed by atoms with Crippen LogP contribution in [-0.2, 0) is 4.74 Å². The van der Waals surface area contributed by atoms with Crippen molar-refractivity contribution >= 4 is 15.9 Å². The summed E-state index contributed by atoms with van der Waals surface area (Å²) in [5.74, 6) is 0. The molecule has 0 saturated carbocycles. The lowest BCUT2D eigenvalue weighted by atomic mass is 10.2. The topological polar surface area (TPSA) is 9.23 Å². The van der Waals surface area contributed by atoms with Crippen molar-refractivity contribution in [2.45, 2.75) is 4.83 Å². The number of hydrogen-bond donors (Lipinski definition) is 0. The van der Waals surface area contributed by atoms with Gasteiger partial charge in [0.1, 0.15) is 6.10 Å². The number of ether oxygens (including phenoxy) is 1. The Morgan fingerprint density at radius 1 is 1.44 bits per heavy atom. The molecule has 2 heteroatoms. The first-order valence-corrected chi connectivity index (χ1v) is 3.66. The van der Waals surface area contributed by atoms with Gasteiger partial charge in [0.05, 0.1) is 4.83 Å². The average Bonchev–Trinajstić information content (AvgIpc) is 1.90. The van der Waals surface area contributed by atoms with Crippen LogP contribution in [0.15, 0.2) is 24.3 Å². The minimum Gasteiger partial charge on any atom is -0.366 e. The second-order valence-corrected chi connectivity index (χ2v) is 2.83. The maximum atomic E-state index is 4.96. The van der Waals surface area contributed by atoms with Crippen molar-refractivity contribution in [3.8, 4) is 0 Å². The first-order chi connectivity index (χ1) is 4.33. The standard InChI is InChI=1S/C7H8BrO/c1-9-7-4-2-6(8)3-5-7/h2-6H,1H3. The molecule has 0 heterocycles. The number of rotatable bonds is 1. The Kier molecular flexibility index (Phi) is 2.49. The van der Waals surface area contributed by atoms with Crippen LogP contribution in [0.3, 0.4) is 0 Å². The molecule has 49 valence electrons. The molecule has 0 aliphatic heterocycles. The van der Waals surface area contributed by atoms with Gasteiger partial charge in [0.15, 0.2) is 0 Å². The van der Waals surface area contributed by atoms with Crippen molar-refractivity contribution in [1.82, 2.24) is 0 Å². The van der Waals surface area contributed by atoms with Gasteiger partial charge < -0.3 is 4.74 Å². The van der Waals surface area contributed by atoms with Crippen LogP contribution < -0.4 is 0 Å². The molecule has 1 aliphatic carbocycles. The summed E-state index contributed by atoms with van der Waals surface area (Å²) in [5, 5.41) is 0. The van der Waals surface area contributed by atoms with E-state index in [-0.39, 0.29) is 0 Å². The van der Waals surface area contributed by atoms with Crippen molar-refractivity contribution < 1.29 is 4.74 Å². The Balaban J connectivity index is 2.48. The van der Waals surface area contributed by atoms with E-state index >= 15 is 0 Å². The van der Waals surface area contributed by atoms with E-state index in [1.165, 1.54) is 0 Å². The summed E-state index contributed by atoms with van der Waals surface area (Å²) in [6, 6.07) is 0. The maximum absolute atomic E-state index is 4.96. The Hall–Kier alpha value is -0.0800. The largest absolute Gasteiger partial charge is 0.366 e. The Morgan fingerprint density at radius 3 is 2.44 bits per heavy atom. The lowest BCUT2D eigenvalue weighted by molar-refractivity contribution is 0.256. The molecule has 1 nitrogen and oxygen atoms in total. The van der Waals surface area contributed by atoms with Gasteiger partial charge in [-0.1, -0.05) is 28.1 Å². The molecule has 0 unspecified atom stereocenters. The molecule has 0 aromatic rings. The minimum absolute atomic E-state index is 0.372. The minimum atomic E-state index is 0.372. The van der Waals surface area contributed by atoms with Crippen molar-refractivity contribution in [3.05, 3.63) is 30.4 Å². The molecule has 1 radical (unpaired) electrons. The van der Waals surface area contributed by atoms with Gasteiger partial charge in [-0.3, -0.25) is 0 Å². The Bertz CT molecular complexity index is 126. The van der Waals surface area contributed by atoms with Crippen molar-refractivity contribution in [2.75, 3.05) is 7.11 Å². The highest BCUT2D eigenvalue weighted by atomic mass is 79.9. The second kappa shape index (κ2) is 3.18. The molecule has 0 spiro atoms. The molecule has 0 saturated heterocycles. The zero-order valence-corrected chi connectivity index (χ0v) is 6.76. The van der Waals surface area contributed by atoms with E-state index in [0.717, 1.165) is 6.10 Å². The highest BCUT2D eigenvalue weighted by Crippen LogP contribution is 2.16. The molecule has 0 atom stereocenters. The van der Waals surface area contributed by atoms with Crippen LogP contribution in [0.2, 0.25) is 0 Å². The first-order valence-electron chi connectivity index (χ1n) is 2.74. The maximum Gasteiger partial charge on any atom is 0.140 e. The number of allylic oxidation sites excluding steroid dienone is 2. The van der Waals surface area contributed by atoms with Crippen LogP contribution in [0, 0.1) is 6.10 Å². The molecular formula is C7H8BrO. The van der Waals surface area contributed by atoms with Crippen molar-refractivity contribution in [3.63, 3.8) is 0 Å². The van der Waals surface area contributed by atoms with Gasteiger partial charge in [0.25, 0.3) is 0 Å². The third-order valence-electron chi connectivity index (χ3n) is 1.12. The summed E-state index contributed by atoms with van der Waals surface area (Å²) in [6.45, 7) is 0. The molecule has 0 N–H and O–H groups in total. The van der Waals surface area contributed by atoms with Gasteiger partial charge in [-0.2, -0.15) is 0 Å². The predicted molar refractivity (Wildman–Crippen MR) is 41.2 cm³/mol. The zero-order valence-electron chi connectivity index (χ0n) is 5.17. The summed E-state index contributed by atoms with van der Waals surface area (Å²) in [4.78, 5) is 0.372. The summed E-state index contributed by atoms with van der Waals surface area (Å²) in [7, 11) is 1.67. The summed E-state index contributed by atoms with van der Waals surface area (Å²) >= 11 is 3.40. The van der Waals surface area contributed by atoms with Crippen molar-refractivity contribution in [1.29, 1.82) is 0 Å². The average molecular weight is 188 g/mol. The molecule has 0 aromatic carbocycles. The second-order valence-electron chi connectivity index (χ2n) is 1.77. The monoisotopic (exact) mass is 187 g/mol. The van der Waals surface area contributed by atoms with Crippen LogP contribution in [-0.4, -0.2) is 11.9 Å². The fraction of sp³-hybridized carbons (Fsp3) is 0.286. The molecule has 1 rings (SSSR count). The number of alkyl halides is 1. The van der Waals surface area contributed by atoms with Crippen LogP contribution in [0.1, 0.15) is 0 Å².